The third kappa shape index (κ3) is 3.63. The summed E-state index contributed by atoms with van der Waals surface area (Å²) in [5, 5.41) is 0. The van der Waals surface area contributed by atoms with Gasteiger partial charge in [0.25, 0.3) is 0 Å². The minimum absolute atomic E-state index is 0.214. The summed E-state index contributed by atoms with van der Waals surface area (Å²) >= 11 is 0. The van der Waals surface area contributed by atoms with E-state index in [1.165, 1.54) is 11.1 Å². The fraction of sp³-hybridized carbons (Fsp3) is 0.250. The maximum absolute atomic E-state index is 6.38. The molecule has 1 heterocycles. The van der Waals surface area contributed by atoms with E-state index in [9.17, 15) is 0 Å². The maximum Gasteiger partial charge on any atom is 0.131 e. The Morgan fingerprint density at radius 1 is 0.889 bits per heavy atom. The first kappa shape index (κ1) is 17.5. The molecule has 0 amide bonds. The first-order valence-electron chi connectivity index (χ1n) is 9.33. The van der Waals surface area contributed by atoms with Gasteiger partial charge in [0.2, 0.25) is 0 Å². The zero-order valence-corrected chi connectivity index (χ0v) is 15.8. The molecule has 1 unspecified atom stereocenters. The van der Waals surface area contributed by atoms with Crippen molar-refractivity contribution in [2.24, 2.45) is 0 Å². The van der Waals surface area contributed by atoms with Gasteiger partial charge < -0.3 is 14.2 Å². The summed E-state index contributed by atoms with van der Waals surface area (Å²) in [6.45, 7) is 0. The van der Waals surface area contributed by atoms with Crippen LogP contribution in [0.15, 0.2) is 66.7 Å². The quantitative estimate of drug-likeness (QED) is 0.596. The van der Waals surface area contributed by atoms with Crippen molar-refractivity contribution in [1.29, 1.82) is 0 Å². The Morgan fingerprint density at radius 3 is 2.52 bits per heavy atom. The van der Waals surface area contributed by atoms with Gasteiger partial charge in [-0.15, -0.1) is 0 Å². The third-order valence-corrected chi connectivity index (χ3v) is 5.13. The SMILES string of the molecule is COc1ccc(-c2cccc3c2OC(CCc2ccccc2)C3)c(OC)c1. The lowest BCUT2D eigenvalue weighted by atomic mass is 9.98. The van der Waals surface area contributed by atoms with Crippen molar-refractivity contribution in [3.8, 4) is 28.4 Å². The van der Waals surface area contributed by atoms with Gasteiger partial charge in [0.15, 0.2) is 0 Å². The van der Waals surface area contributed by atoms with Crippen LogP contribution in [0.5, 0.6) is 17.2 Å². The first-order chi connectivity index (χ1) is 13.3. The second kappa shape index (κ2) is 7.75. The van der Waals surface area contributed by atoms with E-state index >= 15 is 0 Å². The molecule has 3 nitrogen and oxygen atoms in total. The zero-order valence-electron chi connectivity index (χ0n) is 15.8. The summed E-state index contributed by atoms with van der Waals surface area (Å²) in [7, 11) is 3.35. The summed E-state index contributed by atoms with van der Waals surface area (Å²) in [5.41, 5.74) is 4.73. The van der Waals surface area contributed by atoms with Crippen LogP contribution in [0.3, 0.4) is 0 Å². The molecule has 0 bridgehead atoms. The smallest absolute Gasteiger partial charge is 0.131 e. The molecule has 3 aromatic carbocycles. The minimum atomic E-state index is 0.214. The monoisotopic (exact) mass is 360 g/mol. The van der Waals surface area contributed by atoms with Crippen LogP contribution in [0.2, 0.25) is 0 Å². The molecule has 0 fully saturated rings. The van der Waals surface area contributed by atoms with Gasteiger partial charge in [-0.2, -0.15) is 0 Å². The van der Waals surface area contributed by atoms with Crippen molar-refractivity contribution in [2.45, 2.75) is 25.4 Å². The number of hydrogen-bond donors (Lipinski definition) is 0. The predicted molar refractivity (Wildman–Crippen MR) is 108 cm³/mol. The van der Waals surface area contributed by atoms with Crippen molar-refractivity contribution in [1.82, 2.24) is 0 Å². The number of aryl methyl sites for hydroxylation is 1. The fourth-order valence-electron chi connectivity index (χ4n) is 3.70. The van der Waals surface area contributed by atoms with Crippen LogP contribution >= 0.6 is 0 Å². The average molecular weight is 360 g/mol. The van der Waals surface area contributed by atoms with Crippen molar-refractivity contribution in [3.05, 3.63) is 77.9 Å². The average Bonchev–Trinajstić information content (AvgIpc) is 3.15. The summed E-state index contributed by atoms with van der Waals surface area (Å²) in [4.78, 5) is 0. The Balaban J connectivity index is 1.57. The highest BCUT2D eigenvalue weighted by Gasteiger charge is 2.26. The van der Waals surface area contributed by atoms with Crippen LogP contribution in [0.1, 0.15) is 17.5 Å². The molecular weight excluding hydrogens is 336 g/mol. The number of rotatable bonds is 6. The number of benzene rings is 3. The highest BCUT2D eigenvalue weighted by Crippen LogP contribution is 2.43. The normalized spacial score (nSPS) is 15.1. The van der Waals surface area contributed by atoms with Gasteiger partial charge in [0.05, 0.1) is 14.2 Å². The molecule has 0 N–H and O–H groups in total. The molecule has 0 aromatic heterocycles. The minimum Gasteiger partial charge on any atom is -0.497 e. The molecule has 0 saturated heterocycles. The van der Waals surface area contributed by atoms with Crippen molar-refractivity contribution in [3.63, 3.8) is 0 Å². The second-order valence-corrected chi connectivity index (χ2v) is 6.83. The van der Waals surface area contributed by atoms with Crippen LogP contribution < -0.4 is 14.2 Å². The van der Waals surface area contributed by atoms with Crippen LogP contribution in [0, 0.1) is 0 Å². The number of ether oxygens (including phenoxy) is 3. The number of para-hydroxylation sites is 1. The molecule has 4 rings (SSSR count). The van der Waals surface area contributed by atoms with E-state index in [2.05, 4.69) is 48.5 Å². The molecule has 138 valence electrons. The highest BCUT2D eigenvalue weighted by atomic mass is 16.5. The molecule has 27 heavy (non-hydrogen) atoms. The van der Waals surface area contributed by atoms with Crippen LogP contribution in [0.25, 0.3) is 11.1 Å². The Hall–Kier alpha value is -2.94. The van der Waals surface area contributed by atoms with Gasteiger partial charge in [-0.05, 0) is 36.1 Å². The van der Waals surface area contributed by atoms with Gasteiger partial charge in [0, 0.05) is 23.6 Å². The molecule has 0 aliphatic carbocycles. The molecule has 1 aliphatic rings. The highest BCUT2D eigenvalue weighted by molar-refractivity contribution is 5.78. The molecule has 0 radical (unpaired) electrons. The number of hydrogen-bond acceptors (Lipinski definition) is 3. The standard InChI is InChI=1S/C24H24O3/c1-25-19-13-14-21(23(16-19)26-2)22-10-6-9-18-15-20(27-24(18)22)12-11-17-7-4-3-5-8-17/h3-10,13-14,16,20H,11-12,15H2,1-2H3. The zero-order chi connectivity index (χ0) is 18.6. The van der Waals surface area contributed by atoms with Crippen LogP contribution in [0.4, 0.5) is 0 Å². The third-order valence-electron chi connectivity index (χ3n) is 5.13. The van der Waals surface area contributed by atoms with Crippen molar-refractivity contribution < 1.29 is 14.2 Å². The van der Waals surface area contributed by atoms with E-state index in [0.717, 1.165) is 47.6 Å². The molecule has 3 heteroatoms. The lowest BCUT2D eigenvalue weighted by molar-refractivity contribution is 0.222. The second-order valence-electron chi connectivity index (χ2n) is 6.83. The van der Waals surface area contributed by atoms with Crippen molar-refractivity contribution >= 4 is 0 Å². The van der Waals surface area contributed by atoms with E-state index < -0.39 is 0 Å². The van der Waals surface area contributed by atoms with Gasteiger partial charge in [-0.1, -0.05) is 48.5 Å². The molecule has 1 atom stereocenters. The molecule has 0 saturated carbocycles. The molecule has 0 spiro atoms. The lowest BCUT2D eigenvalue weighted by Crippen LogP contribution is -2.13. The van der Waals surface area contributed by atoms with Crippen LogP contribution in [-0.2, 0) is 12.8 Å². The van der Waals surface area contributed by atoms with Gasteiger partial charge in [0.1, 0.15) is 23.4 Å². The summed E-state index contributed by atoms with van der Waals surface area (Å²) in [6, 6.07) is 22.9. The predicted octanol–water partition coefficient (Wildman–Crippen LogP) is 5.31. The Labute approximate surface area is 160 Å². The molecule has 3 aromatic rings. The Kier molecular flexibility index (Phi) is 5.01. The maximum atomic E-state index is 6.38. The van der Waals surface area contributed by atoms with E-state index in [0.29, 0.717) is 0 Å². The fourth-order valence-corrected chi connectivity index (χ4v) is 3.70. The van der Waals surface area contributed by atoms with E-state index in [1.54, 1.807) is 14.2 Å². The van der Waals surface area contributed by atoms with E-state index in [1.807, 2.05) is 18.2 Å². The molecular formula is C24H24O3. The van der Waals surface area contributed by atoms with E-state index in [-0.39, 0.29) is 6.10 Å². The largest absolute Gasteiger partial charge is 0.497 e. The Morgan fingerprint density at radius 2 is 1.74 bits per heavy atom. The van der Waals surface area contributed by atoms with Crippen molar-refractivity contribution in [2.75, 3.05) is 14.2 Å². The van der Waals surface area contributed by atoms with Gasteiger partial charge in [-0.25, -0.2) is 0 Å². The molecule has 1 aliphatic heterocycles. The summed E-state index contributed by atoms with van der Waals surface area (Å²) in [6.07, 6.45) is 3.21. The summed E-state index contributed by atoms with van der Waals surface area (Å²) < 4.78 is 17.3. The Bertz CT molecular complexity index is 918. The summed E-state index contributed by atoms with van der Waals surface area (Å²) in [5.74, 6) is 2.56. The van der Waals surface area contributed by atoms with E-state index in [4.69, 9.17) is 14.2 Å². The van der Waals surface area contributed by atoms with Gasteiger partial charge in [-0.3, -0.25) is 0 Å². The number of fused-ring (bicyclic) bond motifs is 1. The van der Waals surface area contributed by atoms with Gasteiger partial charge >= 0.3 is 0 Å². The first-order valence-corrected chi connectivity index (χ1v) is 9.33. The van der Waals surface area contributed by atoms with Crippen LogP contribution in [-0.4, -0.2) is 20.3 Å². The number of methoxy groups -OCH3 is 2. The lowest BCUT2D eigenvalue weighted by Gasteiger charge is -2.15. The topological polar surface area (TPSA) is 27.7 Å².